The van der Waals surface area contributed by atoms with Gasteiger partial charge in [0, 0.05) is 13.1 Å². The molecule has 0 spiro atoms. The van der Waals surface area contributed by atoms with E-state index in [1.807, 2.05) is 0 Å². The Morgan fingerprint density at radius 3 is 2.77 bits per heavy atom. The molecule has 0 saturated carbocycles. The molecular formula is C9H15NO3. The van der Waals surface area contributed by atoms with Crippen molar-refractivity contribution in [2.24, 2.45) is 0 Å². The first-order valence-electron chi connectivity index (χ1n) is 4.40. The van der Waals surface area contributed by atoms with E-state index in [2.05, 4.69) is 6.58 Å². The Bertz CT molecular complexity index is 187. The Balaban J connectivity index is 2.32. The van der Waals surface area contributed by atoms with Gasteiger partial charge in [0.25, 0.3) is 0 Å². The second-order valence-corrected chi connectivity index (χ2v) is 2.92. The molecule has 0 bridgehead atoms. The lowest BCUT2D eigenvalue weighted by molar-refractivity contribution is 0.0216. The van der Waals surface area contributed by atoms with Crippen molar-refractivity contribution in [2.45, 2.75) is 13.0 Å². The minimum absolute atomic E-state index is 0.227. The van der Waals surface area contributed by atoms with Crippen molar-refractivity contribution >= 4 is 6.09 Å². The zero-order valence-corrected chi connectivity index (χ0v) is 7.86. The summed E-state index contributed by atoms with van der Waals surface area (Å²) in [6.07, 6.45) is 1.09. The monoisotopic (exact) mass is 185 g/mol. The van der Waals surface area contributed by atoms with Crippen LogP contribution in [0.25, 0.3) is 0 Å². The Morgan fingerprint density at radius 2 is 2.23 bits per heavy atom. The van der Waals surface area contributed by atoms with Crippen LogP contribution in [0.15, 0.2) is 12.7 Å². The maximum atomic E-state index is 11.4. The first kappa shape index (κ1) is 10.1. The van der Waals surface area contributed by atoms with Gasteiger partial charge in [-0.25, -0.2) is 4.79 Å². The third-order valence-corrected chi connectivity index (χ3v) is 1.89. The molecule has 0 aromatic rings. The fourth-order valence-electron chi connectivity index (χ4n) is 1.03. The molecule has 1 aliphatic heterocycles. The number of morpholine rings is 1. The third kappa shape index (κ3) is 3.06. The molecule has 0 aliphatic carbocycles. The van der Waals surface area contributed by atoms with E-state index >= 15 is 0 Å². The normalized spacial score (nSPS) is 19.3. The van der Waals surface area contributed by atoms with Crippen LogP contribution in [0.3, 0.4) is 0 Å². The van der Waals surface area contributed by atoms with Crippen LogP contribution in [-0.2, 0) is 9.47 Å². The van der Waals surface area contributed by atoms with Crippen LogP contribution in [0.1, 0.15) is 6.92 Å². The van der Waals surface area contributed by atoms with Crippen molar-refractivity contribution in [1.29, 1.82) is 0 Å². The Hall–Kier alpha value is -1.03. The second kappa shape index (κ2) is 4.87. The summed E-state index contributed by atoms with van der Waals surface area (Å²) in [5.41, 5.74) is 0. The molecule has 4 heteroatoms. The summed E-state index contributed by atoms with van der Waals surface area (Å²) < 4.78 is 10.2. The molecule has 1 atom stereocenters. The lowest BCUT2D eigenvalue weighted by Crippen LogP contribution is -2.41. The highest BCUT2D eigenvalue weighted by Crippen LogP contribution is 2.02. The summed E-state index contributed by atoms with van der Waals surface area (Å²) in [6, 6.07) is 0. The minimum Gasteiger partial charge on any atom is -0.442 e. The molecule has 0 aromatic heterocycles. The molecule has 4 nitrogen and oxygen atoms in total. The number of rotatable bonds is 2. The Morgan fingerprint density at radius 1 is 1.62 bits per heavy atom. The molecular weight excluding hydrogens is 170 g/mol. The van der Waals surface area contributed by atoms with Gasteiger partial charge < -0.3 is 14.4 Å². The quantitative estimate of drug-likeness (QED) is 0.603. The van der Waals surface area contributed by atoms with Crippen molar-refractivity contribution in [3.8, 4) is 0 Å². The van der Waals surface area contributed by atoms with E-state index in [-0.39, 0.29) is 12.2 Å². The van der Waals surface area contributed by atoms with Crippen LogP contribution in [-0.4, -0.2) is 43.4 Å². The van der Waals surface area contributed by atoms with Crippen molar-refractivity contribution in [2.75, 3.05) is 26.3 Å². The molecule has 1 heterocycles. The van der Waals surface area contributed by atoms with Crippen molar-refractivity contribution < 1.29 is 14.3 Å². The molecule has 1 aliphatic rings. The summed E-state index contributed by atoms with van der Waals surface area (Å²) in [5, 5.41) is 0. The minimum atomic E-state index is -0.282. The highest BCUT2D eigenvalue weighted by atomic mass is 16.6. The largest absolute Gasteiger partial charge is 0.442 e. The van der Waals surface area contributed by atoms with Gasteiger partial charge in [-0.3, -0.25) is 0 Å². The van der Waals surface area contributed by atoms with Crippen LogP contribution in [0.2, 0.25) is 0 Å². The number of hydrogen-bond donors (Lipinski definition) is 0. The van der Waals surface area contributed by atoms with E-state index in [1.165, 1.54) is 0 Å². The first-order chi connectivity index (χ1) is 6.24. The highest BCUT2D eigenvalue weighted by molar-refractivity contribution is 5.68. The Labute approximate surface area is 78.1 Å². The standard InChI is InChI=1S/C9H15NO3/c1-3-8(2)13-9(11)10-4-6-12-7-5-10/h3,8H,1,4-7H2,2H3. The van der Waals surface area contributed by atoms with Crippen LogP contribution < -0.4 is 0 Å². The van der Waals surface area contributed by atoms with E-state index in [0.29, 0.717) is 26.3 Å². The van der Waals surface area contributed by atoms with Crippen LogP contribution in [0, 0.1) is 0 Å². The van der Waals surface area contributed by atoms with Gasteiger partial charge in [0.15, 0.2) is 0 Å². The SMILES string of the molecule is C=CC(C)OC(=O)N1CCOCC1. The fourth-order valence-corrected chi connectivity index (χ4v) is 1.03. The molecule has 1 unspecified atom stereocenters. The molecule has 0 radical (unpaired) electrons. The first-order valence-corrected chi connectivity index (χ1v) is 4.40. The highest BCUT2D eigenvalue weighted by Gasteiger charge is 2.18. The third-order valence-electron chi connectivity index (χ3n) is 1.89. The van der Waals surface area contributed by atoms with Gasteiger partial charge in [0.2, 0.25) is 0 Å². The number of nitrogens with zero attached hydrogens (tertiary/aromatic N) is 1. The van der Waals surface area contributed by atoms with Gasteiger partial charge in [-0.2, -0.15) is 0 Å². The lowest BCUT2D eigenvalue weighted by atomic mass is 10.4. The van der Waals surface area contributed by atoms with E-state index in [1.54, 1.807) is 17.9 Å². The van der Waals surface area contributed by atoms with Gasteiger partial charge in [-0.05, 0) is 6.92 Å². The number of ether oxygens (including phenoxy) is 2. The predicted molar refractivity (Wildman–Crippen MR) is 48.5 cm³/mol. The van der Waals surface area contributed by atoms with E-state index in [0.717, 1.165) is 0 Å². The van der Waals surface area contributed by atoms with Crippen LogP contribution in [0.5, 0.6) is 0 Å². The van der Waals surface area contributed by atoms with E-state index in [4.69, 9.17) is 9.47 Å². The topological polar surface area (TPSA) is 38.8 Å². The van der Waals surface area contributed by atoms with Crippen LogP contribution >= 0.6 is 0 Å². The number of carbonyl (C=O) groups is 1. The lowest BCUT2D eigenvalue weighted by Gasteiger charge is -2.26. The average molecular weight is 185 g/mol. The molecule has 0 N–H and O–H groups in total. The number of amides is 1. The van der Waals surface area contributed by atoms with Crippen molar-refractivity contribution in [1.82, 2.24) is 4.90 Å². The maximum absolute atomic E-state index is 11.4. The Kier molecular flexibility index (Phi) is 3.76. The molecule has 1 fully saturated rings. The van der Waals surface area contributed by atoms with Gasteiger partial charge >= 0.3 is 6.09 Å². The number of hydrogen-bond acceptors (Lipinski definition) is 3. The van der Waals surface area contributed by atoms with E-state index in [9.17, 15) is 4.79 Å². The van der Waals surface area contributed by atoms with Gasteiger partial charge in [0.05, 0.1) is 13.2 Å². The fraction of sp³-hybridized carbons (Fsp3) is 0.667. The van der Waals surface area contributed by atoms with Gasteiger partial charge in [-0.1, -0.05) is 12.7 Å². The summed E-state index contributed by atoms with van der Waals surface area (Å²) in [4.78, 5) is 13.0. The summed E-state index contributed by atoms with van der Waals surface area (Å²) in [7, 11) is 0. The van der Waals surface area contributed by atoms with Gasteiger partial charge in [0.1, 0.15) is 6.10 Å². The van der Waals surface area contributed by atoms with Crippen LogP contribution in [0.4, 0.5) is 4.79 Å². The smallest absolute Gasteiger partial charge is 0.410 e. The van der Waals surface area contributed by atoms with Crippen molar-refractivity contribution in [3.63, 3.8) is 0 Å². The molecule has 1 saturated heterocycles. The molecule has 13 heavy (non-hydrogen) atoms. The zero-order chi connectivity index (χ0) is 9.68. The van der Waals surface area contributed by atoms with Crippen molar-refractivity contribution in [3.05, 3.63) is 12.7 Å². The summed E-state index contributed by atoms with van der Waals surface area (Å²) in [5.74, 6) is 0. The van der Waals surface area contributed by atoms with Gasteiger partial charge in [-0.15, -0.1) is 0 Å². The average Bonchev–Trinajstić information content (AvgIpc) is 2.19. The second-order valence-electron chi connectivity index (χ2n) is 2.92. The zero-order valence-electron chi connectivity index (χ0n) is 7.86. The molecule has 1 rings (SSSR count). The number of carbonyl (C=O) groups excluding carboxylic acids is 1. The summed E-state index contributed by atoms with van der Waals surface area (Å²) in [6.45, 7) is 7.74. The maximum Gasteiger partial charge on any atom is 0.410 e. The predicted octanol–water partition coefficient (Wildman–Crippen LogP) is 1.03. The molecule has 1 amide bonds. The van der Waals surface area contributed by atoms with E-state index < -0.39 is 0 Å². The molecule has 74 valence electrons. The summed E-state index contributed by atoms with van der Waals surface area (Å²) >= 11 is 0. The molecule has 0 aromatic carbocycles.